The molecule has 1 N–H and O–H groups in total. The lowest BCUT2D eigenvalue weighted by atomic mass is 10.0. The van der Waals surface area contributed by atoms with Crippen molar-refractivity contribution in [2.45, 2.75) is 63.9 Å². The van der Waals surface area contributed by atoms with E-state index in [0.717, 1.165) is 45.8 Å². The summed E-state index contributed by atoms with van der Waals surface area (Å²) in [6.45, 7) is 6.22. The molecule has 0 aliphatic heterocycles. The van der Waals surface area contributed by atoms with E-state index in [-0.39, 0.29) is 23.8 Å². The molecule has 0 bridgehead atoms. The van der Waals surface area contributed by atoms with Gasteiger partial charge in [0.2, 0.25) is 11.8 Å². The topological polar surface area (TPSA) is 86.8 Å². The van der Waals surface area contributed by atoms with Crippen LogP contribution < -0.4 is 9.62 Å². The molecule has 0 spiro atoms. The minimum absolute atomic E-state index is 0.0842. The second kappa shape index (κ2) is 16.0. The van der Waals surface area contributed by atoms with Gasteiger partial charge in [0.15, 0.2) is 0 Å². The number of nitrogens with zero attached hydrogens (tertiary/aromatic N) is 2. The lowest BCUT2D eigenvalue weighted by Gasteiger charge is -2.34. The normalized spacial score (nSPS) is 11.9. The summed E-state index contributed by atoms with van der Waals surface area (Å²) in [5, 5.41) is 3.03. The summed E-state index contributed by atoms with van der Waals surface area (Å²) < 4.78 is 29.4. The molecule has 7 nitrogen and oxygen atoms in total. The van der Waals surface area contributed by atoms with Crippen molar-refractivity contribution in [3.8, 4) is 0 Å². The van der Waals surface area contributed by atoms with Crippen LogP contribution in [-0.4, -0.2) is 44.3 Å². The maximum absolute atomic E-state index is 14.5. The SMILES string of the molecule is CCCCNC(=O)[C@@H](Cc1ccccc1)N(Cc1ccccc1C)C(=O)CN(c1ccc(CC)cc1)S(=O)(=O)c1ccccc1. The molecule has 4 aromatic rings. The number of hydrogen-bond donors (Lipinski definition) is 1. The monoisotopic (exact) mass is 625 g/mol. The van der Waals surface area contributed by atoms with Gasteiger partial charge in [0.25, 0.3) is 10.0 Å². The number of rotatable bonds is 15. The van der Waals surface area contributed by atoms with Gasteiger partial charge in [0.1, 0.15) is 12.6 Å². The van der Waals surface area contributed by atoms with Gasteiger partial charge in [0.05, 0.1) is 10.6 Å². The summed E-state index contributed by atoms with van der Waals surface area (Å²) in [5.74, 6) is -0.733. The molecule has 0 saturated heterocycles. The zero-order chi connectivity index (χ0) is 32.2. The van der Waals surface area contributed by atoms with Crippen molar-refractivity contribution in [2.75, 3.05) is 17.4 Å². The summed E-state index contributed by atoms with van der Waals surface area (Å²) in [7, 11) is -4.12. The molecule has 0 saturated carbocycles. The summed E-state index contributed by atoms with van der Waals surface area (Å²) >= 11 is 0. The minimum atomic E-state index is -4.12. The van der Waals surface area contributed by atoms with Crippen LogP contribution in [0.25, 0.3) is 0 Å². The van der Waals surface area contributed by atoms with Gasteiger partial charge in [-0.3, -0.25) is 13.9 Å². The fourth-order valence-electron chi connectivity index (χ4n) is 5.18. The minimum Gasteiger partial charge on any atom is -0.354 e. The number of aryl methyl sites for hydroxylation is 2. The van der Waals surface area contributed by atoms with Crippen LogP contribution >= 0.6 is 0 Å². The van der Waals surface area contributed by atoms with Crippen molar-refractivity contribution < 1.29 is 18.0 Å². The van der Waals surface area contributed by atoms with E-state index in [2.05, 4.69) is 12.2 Å². The molecule has 0 heterocycles. The van der Waals surface area contributed by atoms with Crippen molar-refractivity contribution in [1.29, 1.82) is 0 Å². The number of amides is 2. The lowest BCUT2D eigenvalue weighted by molar-refractivity contribution is -0.140. The van der Waals surface area contributed by atoms with Gasteiger partial charge < -0.3 is 10.2 Å². The smallest absolute Gasteiger partial charge is 0.264 e. The molecule has 0 aliphatic carbocycles. The zero-order valence-electron chi connectivity index (χ0n) is 26.4. The predicted molar refractivity (Wildman–Crippen MR) is 180 cm³/mol. The molecule has 8 heteroatoms. The van der Waals surface area contributed by atoms with Gasteiger partial charge in [-0.1, -0.05) is 105 Å². The number of nitrogens with one attached hydrogen (secondary N) is 1. The van der Waals surface area contributed by atoms with E-state index >= 15 is 0 Å². The summed E-state index contributed by atoms with van der Waals surface area (Å²) in [4.78, 5) is 30.0. The fourth-order valence-corrected chi connectivity index (χ4v) is 6.61. The second-order valence-electron chi connectivity index (χ2n) is 11.1. The van der Waals surface area contributed by atoms with Gasteiger partial charge in [-0.05, 0) is 66.3 Å². The largest absolute Gasteiger partial charge is 0.354 e. The van der Waals surface area contributed by atoms with Crippen LogP contribution in [0, 0.1) is 6.92 Å². The van der Waals surface area contributed by atoms with Crippen molar-refractivity contribution in [3.63, 3.8) is 0 Å². The first kappa shape index (κ1) is 33.5. The predicted octanol–water partition coefficient (Wildman–Crippen LogP) is 6.31. The Bertz CT molecular complexity index is 1640. The first-order valence-corrected chi connectivity index (χ1v) is 17.0. The van der Waals surface area contributed by atoms with Crippen LogP contribution in [-0.2, 0) is 39.0 Å². The Morgan fingerprint density at radius 1 is 0.778 bits per heavy atom. The summed E-state index contributed by atoms with van der Waals surface area (Å²) in [6, 6.07) is 31.8. The van der Waals surface area contributed by atoms with Gasteiger partial charge in [0, 0.05) is 19.5 Å². The van der Waals surface area contributed by atoms with Crippen molar-refractivity contribution >= 4 is 27.5 Å². The number of carbonyl (C=O) groups is 2. The molecule has 4 aromatic carbocycles. The Morgan fingerprint density at radius 3 is 2.02 bits per heavy atom. The van der Waals surface area contributed by atoms with Gasteiger partial charge in [-0.25, -0.2) is 8.42 Å². The third kappa shape index (κ3) is 8.82. The Morgan fingerprint density at radius 2 is 1.40 bits per heavy atom. The third-order valence-electron chi connectivity index (χ3n) is 7.95. The van der Waals surface area contributed by atoms with Crippen LogP contribution in [0.5, 0.6) is 0 Å². The first-order valence-electron chi connectivity index (χ1n) is 15.6. The Labute approximate surface area is 268 Å². The Kier molecular flexibility index (Phi) is 11.9. The van der Waals surface area contributed by atoms with E-state index < -0.39 is 28.5 Å². The molecule has 0 radical (unpaired) electrons. The second-order valence-corrected chi connectivity index (χ2v) is 13.0. The average Bonchev–Trinajstić information content (AvgIpc) is 3.07. The van der Waals surface area contributed by atoms with Crippen molar-refractivity contribution in [2.24, 2.45) is 0 Å². The molecule has 236 valence electrons. The highest BCUT2D eigenvalue weighted by atomic mass is 32.2. The average molecular weight is 626 g/mol. The molecule has 45 heavy (non-hydrogen) atoms. The highest BCUT2D eigenvalue weighted by molar-refractivity contribution is 7.92. The number of anilines is 1. The van der Waals surface area contributed by atoms with Crippen LogP contribution in [0.15, 0.2) is 114 Å². The van der Waals surface area contributed by atoms with Crippen LogP contribution in [0.1, 0.15) is 48.9 Å². The molecule has 2 amide bonds. The van der Waals surface area contributed by atoms with E-state index in [0.29, 0.717) is 12.2 Å². The maximum Gasteiger partial charge on any atom is 0.264 e. The van der Waals surface area contributed by atoms with Gasteiger partial charge >= 0.3 is 0 Å². The van der Waals surface area contributed by atoms with Gasteiger partial charge in [-0.15, -0.1) is 0 Å². The molecule has 0 unspecified atom stereocenters. The summed E-state index contributed by atoms with van der Waals surface area (Å²) in [6.07, 6.45) is 2.81. The lowest BCUT2D eigenvalue weighted by Crippen LogP contribution is -2.53. The van der Waals surface area contributed by atoms with Gasteiger partial charge in [-0.2, -0.15) is 0 Å². The first-order chi connectivity index (χ1) is 21.7. The molecule has 1 atom stereocenters. The Hall–Kier alpha value is -4.43. The number of sulfonamides is 1. The summed E-state index contributed by atoms with van der Waals surface area (Å²) in [5.41, 5.74) is 4.20. The number of carbonyl (C=O) groups excluding carboxylic acids is 2. The molecule has 0 fully saturated rings. The number of unbranched alkanes of at least 4 members (excludes halogenated alkanes) is 1. The molecular formula is C37H43N3O4S. The van der Waals surface area contributed by atoms with Crippen LogP contribution in [0.3, 0.4) is 0 Å². The van der Waals surface area contributed by atoms with Crippen molar-refractivity contribution in [3.05, 3.63) is 131 Å². The van der Waals surface area contributed by atoms with E-state index in [1.54, 1.807) is 35.2 Å². The molecular weight excluding hydrogens is 582 g/mol. The van der Waals surface area contributed by atoms with Crippen LogP contribution in [0.4, 0.5) is 5.69 Å². The molecule has 0 aliphatic rings. The maximum atomic E-state index is 14.5. The quantitative estimate of drug-likeness (QED) is 0.157. The Balaban J connectivity index is 1.79. The third-order valence-corrected chi connectivity index (χ3v) is 9.73. The number of benzene rings is 4. The van der Waals surface area contributed by atoms with Crippen molar-refractivity contribution in [1.82, 2.24) is 10.2 Å². The standard InChI is InChI=1S/C37H43N3O4S/c1-4-6-25-38-37(42)35(26-31-16-9-7-10-17-31)39(27-32-18-14-13-15-29(32)3)36(41)28-40(33-23-21-30(5-2)22-24-33)45(43,44)34-19-11-8-12-20-34/h7-24,35H,4-6,25-28H2,1-3H3,(H,38,42)/t35-/m1/s1. The van der Waals surface area contributed by atoms with E-state index in [1.165, 1.54) is 12.1 Å². The molecule has 0 aromatic heterocycles. The fraction of sp³-hybridized carbons (Fsp3) is 0.297. The highest BCUT2D eigenvalue weighted by Crippen LogP contribution is 2.26. The van der Waals surface area contributed by atoms with E-state index in [4.69, 9.17) is 0 Å². The zero-order valence-corrected chi connectivity index (χ0v) is 27.2. The van der Waals surface area contributed by atoms with E-state index in [9.17, 15) is 18.0 Å². The van der Waals surface area contributed by atoms with Crippen LogP contribution in [0.2, 0.25) is 0 Å². The number of hydrogen-bond acceptors (Lipinski definition) is 4. The highest BCUT2D eigenvalue weighted by Gasteiger charge is 2.34. The molecule has 4 rings (SSSR count). The van der Waals surface area contributed by atoms with E-state index in [1.807, 2.05) is 80.6 Å².